The monoisotopic (exact) mass is 480 g/mol. The smallest absolute Gasteiger partial charge is 0.242 e. The largest absolute Gasteiger partial charge is 0.356 e. The number of imidazole rings is 1. The first-order chi connectivity index (χ1) is 16.6. The van der Waals surface area contributed by atoms with Gasteiger partial charge < -0.3 is 14.8 Å². The minimum Gasteiger partial charge on any atom is -0.356 e. The molecule has 1 N–H and O–H groups in total. The van der Waals surface area contributed by atoms with Gasteiger partial charge >= 0.3 is 0 Å². The van der Waals surface area contributed by atoms with E-state index < -0.39 is 0 Å². The summed E-state index contributed by atoms with van der Waals surface area (Å²) in [5, 5.41) is 3.67. The van der Waals surface area contributed by atoms with E-state index in [1.807, 2.05) is 41.3 Å². The van der Waals surface area contributed by atoms with Crippen molar-refractivity contribution < 1.29 is 9.59 Å². The van der Waals surface area contributed by atoms with Crippen molar-refractivity contribution in [3.8, 4) is 0 Å². The Labute approximate surface area is 206 Å². The van der Waals surface area contributed by atoms with Crippen molar-refractivity contribution >= 4 is 34.4 Å². The Hall–Kier alpha value is -2.86. The van der Waals surface area contributed by atoms with Gasteiger partial charge in [0, 0.05) is 31.1 Å². The molecular weight excluding hydrogens is 448 g/mol. The number of aryl methyl sites for hydroxylation is 1. The van der Waals surface area contributed by atoms with E-state index in [-0.39, 0.29) is 11.8 Å². The summed E-state index contributed by atoms with van der Waals surface area (Å²) in [4.78, 5) is 31.9. The number of unbranched alkanes of at least 4 members (excludes halogenated alkanes) is 2. The topological polar surface area (TPSA) is 67.2 Å². The van der Waals surface area contributed by atoms with Gasteiger partial charge in [0.1, 0.15) is 12.4 Å². The van der Waals surface area contributed by atoms with E-state index >= 15 is 0 Å². The molecule has 1 saturated heterocycles. The highest BCUT2D eigenvalue weighted by Crippen LogP contribution is 2.19. The third-order valence-corrected chi connectivity index (χ3v) is 6.66. The van der Waals surface area contributed by atoms with Crippen molar-refractivity contribution in [1.82, 2.24) is 19.8 Å². The highest BCUT2D eigenvalue weighted by Gasteiger charge is 2.19. The lowest BCUT2D eigenvalue weighted by Gasteiger charge is -2.27. The molecule has 1 aromatic heterocycles. The molecule has 2 aromatic carbocycles. The molecule has 2 heterocycles. The molecule has 0 unspecified atom stereocenters. The Kier molecular flexibility index (Phi) is 8.58. The first-order valence-corrected chi connectivity index (χ1v) is 12.7. The molecule has 2 amide bonds. The molecule has 34 heavy (non-hydrogen) atoms. The molecule has 0 spiro atoms. The Balaban J connectivity index is 1.25. The average Bonchev–Trinajstić information content (AvgIpc) is 3.20. The third-order valence-electron chi connectivity index (χ3n) is 6.41. The van der Waals surface area contributed by atoms with Crippen LogP contribution in [0.2, 0.25) is 5.02 Å². The van der Waals surface area contributed by atoms with Crippen LogP contribution in [-0.2, 0) is 29.0 Å². The maximum atomic E-state index is 12.9. The van der Waals surface area contributed by atoms with Gasteiger partial charge in [-0.2, -0.15) is 0 Å². The number of aromatic nitrogens is 2. The van der Waals surface area contributed by atoms with Crippen molar-refractivity contribution in [2.75, 3.05) is 19.6 Å². The van der Waals surface area contributed by atoms with Crippen molar-refractivity contribution in [3.63, 3.8) is 0 Å². The molecule has 4 rings (SSSR count). The molecule has 0 bridgehead atoms. The number of rotatable bonds is 10. The van der Waals surface area contributed by atoms with E-state index in [1.54, 1.807) is 12.1 Å². The summed E-state index contributed by atoms with van der Waals surface area (Å²) in [6.45, 7) is 2.75. The molecule has 3 aromatic rings. The van der Waals surface area contributed by atoms with Crippen LogP contribution in [0.5, 0.6) is 0 Å². The normalized spacial score (nSPS) is 13.9. The van der Waals surface area contributed by atoms with Crippen molar-refractivity contribution in [2.24, 2.45) is 0 Å². The number of hydrogen-bond acceptors (Lipinski definition) is 3. The summed E-state index contributed by atoms with van der Waals surface area (Å²) in [5.74, 6) is 1.19. The van der Waals surface area contributed by atoms with Crippen LogP contribution in [-0.4, -0.2) is 45.9 Å². The van der Waals surface area contributed by atoms with Gasteiger partial charge in [-0.3, -0.25) is 9.59 Å². The summed E-state index contributed by atoms with van der Waals surface area (Å²) >= 11 is 5.89. The van der Waals surface area contributed by atoms with Gasteiger partial charge in [0.05, 0.1) is 17.5 Å². The van der Waals surface area contributed by atoms with Gasteiger partial charge in [0.15, 0.2) is 0 Å². The van der Waals surface area contributed by atoms with Crippen molar-refractivity contribution in [1.29, 1.82) is 0 Å². The summed E-state index contributed by atoms with van der Waals surface area (Å²) in [6, 6.07) is 15.4. The van der Waals surface area contributed by atoms with Crippen LogP contribution in [0.25, 0.3) is 11.0 Å². The minimum absolute atomic E-state index is 0.0281. The molecule has 0 atom stereocenters. The molecule has 1 fully saturated rings. The number of benzene rings is 2. The van der Waals surface area contributed by atoms with E-state index in [9.17, 15) is 9.59 Å². The predicted molar refractivity (Wildman–Crippen MR) is 136 cm³/mol. The van der Waals surface area contributed by atoms with Gasteiger partial charge in [-0.05, 0) is 61.9 Å². The lowest BCUT2D eigenvalue weighted by molar-refractivity contribution is -0.132. The number of hydrogen-bond donors (Lipinski definition) is 1. The lowest BCUT2D eigenvalue weighted by atomic mass is 10.1. The van der Waals surface area contributed by atoms with Crippen LogP contribution in [0.3, 0.4) is 0 Å². The number of amides is 2. The molecule has 1 aliphatic rings. The maximum Gasteiger partial charge on any atom is 0.242 e. The molecule has 7 heteroatoms. The van der Waals surface area contributed by atoms with Crippen LogP contribution < -0.4 is 5.32 Å². The van der Waals surface area contributed by atoms with Gasteiger partial charge in [0.2, 0.25) is 11.8 Å². The lowest BCUT2D eigenvalue weighted by Crippen LogP contribution is -2.38. The Morgan fingerprint density at radius 2 is 1.71 bits per heavy atom. The molecule has 180 valence electrons. The van der Waals surface area contributed by atoms with Gasteiger partial charge in [-0.15, -0.1) is 0 Å². The zero-order valence-electron chi connectivity index (χ0n) is 19.6. The quantitative estimate of drug-likeness (QED) is 0.425. The van der Waals surface area contributed by atoms with E-state index in [0.717, 1.165) is 74.0 Å². The number of carbonyl (C=O) groups is 2. The molecule has 0 radical (unpaired) electrons. The number of nitrogens with one attached hydrogen (secondary N) is 1. The number of para-hydroxylation sites is 2. The zero-order chi connectivity index (χ0) is 23.8. The molecule has 0 saturated carbocycles. The first kappa shape index (κ1) is 24.3. The van der Waals surface area contributed by atoms with Gasteiger partial charge in [-0.1, -0.05) is 42.3 Å². The second-order valence-electron chi connectivity index (χ2n) is 9.01. The number of piperidine rings is 1. The fraction of sp³-hybridized carbons (Fsp3) is 0.444. The number of nitrogens with zero attached hydrogens (tertiary/aromatic N) is 3. The molecular formula is C27H33ClN4O2. The average molecular weight is 481 g/mol. The van der Waals surface area contributed by atoms with E-state index in [4.69, 9.17) is 16.6 Å². The molecule has 1 aliphatic heterocycles. The Bertz CT molecular complexity index is 1100. The summed E-state index contributed by atoms with van der Waals surface area (Å²) in [5.41, 5.74) is 2.93. The Morgan fingerprint density at radius 1 is 0.941 bits per heavy atom. The highest BCUT2D eigenvalue weighted by atomic mass is 35.5. The fourth-order valence-electron chi connectivity index (χ4n) is 4.53. The standard InChI is InChI=1S/C27H33ClN4O2/c28-22-14-12-21(13-15-22)19-26(33)29-16-6-1-3-11-25-30-23-9-4-5-10-24(23)32(25)20-27(34)31-17-7-2-8-18-31/h4-5,9-10,12-15H,1-3,6-8,11,16-20H2,(H,29,33). The number of likely N-dealkylation sites (tertiary alicyclic amines) is 1. The van der Waals surface area contributed by atoms with Gasteiger partial charge in [-0.25, -0.2) is 4.98 Å². The van der Waals surface area contributed by atoms with Crippen LogP contribution in [0.4, 0.5) is 0 Å². The second-order valence-corrected chi connectivity index (χ2v) is 9.44. The van der Waals surface area contributed by atoms with Gasteiger partial charge in [0.25, 0.3) is 0 Å². The molecule has 0 aliphatic carbocycles. The summed E-state index contributed by atoms with van der Waals surface area (Å²) in [7, 11) is 0. The third kappa shape index (κ3) is 6.60. The van der Waals surface area contributed by atoms with E-state index in [0.29, 0.717) is 24.5 Å². The fourth-order valence-corrected chi connectivity index (χ4v) is 4.66. The Morgan fingerprint density at radius 3 is 2.50 bits per heavy atom. The number of halogens is 1. The van der Waals surface area contributed by atoms with Crippen LogP contribution in [0.15, 0.2) is 48.5 Å². The minimum atomic E-state index is 0.0281. The maximum absolute atomic E-state index is 12.9. The van der Waals surface area contributed by atoms with Crippen molar-refractivity contribution in [2.45, 2.75) is 57.9 Å². The van der Waals surface area contributed by atoms with Crippen molar-refractivity contribution in [3.05, 3.63) is 64.9 Å². The first-order valence-electron chi connectivity index (χ1n) is 12.3. The zero-order valence-corrected chi connectivity index (χ0v) is 20.4. The van der Waals surface area contributed by atoms with Crippen LogP contribution in [0, 0.1) is 0 Å². The summed E-state index contributed by atoms with van der Waals surface area (Å²) in [6.07, 6.45) is 7.47. The van der Waals surface area contributed by atoms with Crippen LogP contribution in [0.1, 0.15) is 49.9 Å². The number of fused-ring (bicyclic) bond motifs is 1. The summed E-state index contributed by atoms with van der Waals surface area (Å²) < 4.78 is 2.10. The van der Waals surface area contributed by atoms with E-state index in [2.05, 4.69) is 9.88 Å². The van der Waals surface area contributed by atoms with E-state index in [1.165, 1.54) is 6.42 Å². The predicted octanol–water partition coefficient (Wildman–Crippen LogP) is 4.77. The second kappa shape index (κ2) is 12.0. The highest BCUT2D eigenvalue weighted by molar-refractivity contribution is 6.30. The number of carbonyl (C=O) groups excluding carboxylic acids is 2. The SMILES string of the molecule is O=C(Cc1ccc(Cl)cc1)NCCCCCc1nc2ccccc2n1CC(=O)N1CCCCC1. The molecule has 6 nitrogen and oxygen atoms in total. The van der Waals surface area contributed by atoms with Crippen LogP contribution >= 0.6 is 11.6 Å².